The van der Waals surface area contributed by atoms with E-state index in [-0.39, 0.29) is 23.7 Å². The molecule has 0 aromatic heterocycles. The lowest BCUT2D eigenvalue weighted by atomic mass is 9.81. The summed E-state index contributed by atoms with van der Waals surface area (Å²) in [5.41, 5.74) is 1.31. The number of carbonyl (C=O) groups excluding carboxylic acids is 2. The Morgan fingerprint density at radius 2 is 1.41 bits per heavy atom. The molecular weight excluding hydrogens is 338 g/mol. The minimum atomic E-state index is 0.0690. The van der Waals surface area contributed by atoms with Gasteiger partial charge in [-0.3, -0.25) is 9.59 Å². The first-order valence-electron chi connectivity index (χ1n) is 10.3. The van der Waals surface area contributed by atoms with E-state index in [1.54, 1.807) is 0 Å². The highest BCUT2D eigenvalue weighted by molar-refractivity contribution is 5.81. The first-order chi connectivity index (χ1) is 13.1. The molecule has 2 N–H and O–H groups in total. The van der Waals surface area contributed by atoms with Crippen LogP contribution in [0, 0.1) is 11.8 Å². The van der Waals surface area contributed by atoms with Crippen molar-refractivity contribution in [1.29, 1.82) is 0 Å². The van der Waals surface area contributed by atoms with Gasteiger partial charge >= 0.3 is 0 Å². The fourth-order valence-electron chi connectivity index (χ4n) is 3.66. The van der Waals surface area contributed by atoms with Crippen LogP contribution in [0.5, 0.6) is 0 Å². The molecule has 0 saturated heterocycles. The minimum absolute atomic E-state index is 0.0690. The first kappa shape index (κ1) is 21.4. The molecule has 2 amide bonds. The van der Waals surface area contributed by atoms with Crippen LogP contribution < -0.4 is 10.6 Å². The van der Waals surface area contributed by atoms with Gasteiger partial charge in [0, 0.05) is 24.9 Å². The summed E-state index contributed by atoms with van der Waals surface area (Å²) in [7, 11) is 4.08. The van der Waals surface area contributed by atoms with Gasteiger partial charge in [-0.1, -0.05) is 30.3 Å². The molecule has 5 nitrogen and oxygen atoms in total. The zero-order valence-electron chi connectivity index (χ0n) is 16.9. The second-order valence-electron chi connectivity index (χ2n) is 7.88. The average molecular weight is 374 g/mol. The van der Waals surface area contributed by atoms with Crippen LogP contribution in [0.1, 0.15) is 44.1 Å². The van der Waals surface area contributed by atoms with Crippen LogP contribution in [0.25, 0.3) is 0 Å². The fourth-order valence-corrected chi connectivity index (χ4v) is 3.66. The van der Waals surface area contributed by atoms with Crippen molar-refractivity contribution in [1.82, 2.24) is 15.5 Å². The van der Waals surface area contributed by atoms with Crippen molar-refractivity contribution in [3.63, 3.8) is 0 Å². The molecule has 5 heteroatoms. The molecular formula is C22H35N3O2. The van der Waals surface area contributed by atoms with Crippen LogP contribution in [0.2, 0.25) is 0 Å². The third-order valence-electron chi connectivity index (χ3n) is 5.33. The Balaban J connectivity index is 1.57. The molecule has 1 fully saturated rings. The second-order valence-corrected chi connectivity index (χ2v) is 7.88. The smallest absolute Gasteiger partial charge is 0.223 e. The predicted octanol–water partition coefficient (Wildman–Crippen LogP) is 2.61. The summed E-state index contributed by atoms with van der Waals surface area (Å²) < 4.78 is 0. The molecule has 0 unspecified atom stereocenters. The third kappa shape index (κ3) is 8.12. The van der Waals surface area contributed by atoms with Gasteiger partial charge in [0.2, 0.25) is 11.8 Å². The molecule has 150 valence electrons. The van der Waals surface area contributed by atoms with E-state index in [9.17, 15) is 9.59 Å². The van der Waals surface area contributed by atoms with E-state index in [0.29, 0.717) is 0 Å². The maximum absolute atomic E-state index is 12.3. The fraction of sp³-hybridized carbons (Fsp3) is 0.636. The van der Waals surface area contributed by atoms with E-state index in [4.69, 9.17) is 0 Å². The van der Waals surface area contributed by atoms with Gasteiger partial charge in [-0.2, -0.15) is 0 Å². The molecule has 0 radical (unpaired) electrons. The number of hydrogen-bond donors (Lipinski definition) is 2. The summed E-state index contributed by atoms with van der Waals surface area (Å²) in [4.78, 5) is 26.7. The number of nitrogens with zero attached hydrogens (tertiary/aromatic N) is 1. The molecule has 0 atom stereocenters. The topological polar surface area (TPSA) is 61.4 Å². The standard InChI is InChI=1S/C22H35N3O2/c1-25(2)17-7-16-24-22(27)20-13-11-19(12-14-20)21(26)23-15-6-10-18-8-4-3-5-9-18/h3-5,8-9,19-20H,6-7,10-17H2,1-2H3,(H,23,26)(H,24,27). The van der Waals surface area contributed by atoms with Crippen LogP contribution in [-0.4, -0.2) is 50.4 Å². The summed E-state index contributed by atoms with van der Waals surface area (Å²) in [5.74, 6) is 0.467. The van der Waals surface area contributed by atoms with Crippen LogP contribution in [0.15, 0.2) is 30.3 Å². The lowest BCUT2D eigenvalue weighted by Gasteiger charge is -2.27. The molecule has 0 bridgehead atoms. The van der Waals surface area contributed by atoms with E-state index >= 15 is 0 Å². The van der Waals surface area contributed by atoms with Crippen molar-refractivity contribution in [3.05, 3.63) is 35.9 Å². The Kier molecular flexibility index (Phi) is 9.32. The second kappa shape index (κ2) is 11.8. The molecule has 0 heterocycles. The van der Waals surface area contributed by atoms with Crippen LogP contribution >= 0.6 is 0 Å². The van der Waals surface area contributed by atoms with Gasteiger partial charge < -0.3 is 15.5 Å². The molecule has 1 aliphatic rings. The highest BCUT2D eigenvalue weighted by Crippen LogP contribution is 2.29. The number of benzene rings is 1. The summed E-state index contributed by atoms with van der Waals surface area (Å²) in [6.07, 6.45) is 6.20. The monoisotopic (exact) mass is 373 g/mol. The average Bonchev–Trinajstić information content (AvgIpc) is 2.69. The van der Waals surface area contributed by atoms with Gasteiger partial charge in [-0.15, -0.1) is 0 Å². The van der Waals surface area contributed by atoms with Crippen molar-refractivity contribution < 1.29 is 9.59 Å². The predicted molar refractivity (Wildman–Crippen MR) is 109 cm³/mol. The summed E-state index contributed by atoms with van der Waals surface area (Å²) in [5, 5.41) is 6.12. The number of rotatable bonds is 10. The molecule has 1 aromatic rings. The number of aryl methyl sites for hydroxylation is 1. The molecule has 1 aromatic carbocycles. The normalized spacial score (nSPS) is 19.7. The van der Waals surface area contributed by atoms with E-state index in [2.05, 4.69) is 27.7 Å². The first-order valence-corrected chi connectivity index (χ1v) is 10.3. The van der Waals surface area contributed by atoms with Crippen molar-refractivity contribution in [3.8, 4) is 0 Å². The van der Waals surface area contributed by atoms with E-state index in [1.807, 2.05) is 32.3 Å². The molecule has 0 aliphatic heterocycles. The van der Waals surface area contributed by atoms with Crippen molar-refractivity contribution in [2.45, 2.75) is 44.9 Å². The van der Waals surface area contributed by atoms with Crippen molar-refractivity contribution in [2.75, 3.05) is 33.7 Å². The molecule has 1 saturated carbocycles. The summed E-state index contributed by atoms with van der Waals surface area (Å²) in [6.45, 7) is 2.44. The Morgan fingerprint density at radius 3 is 1.93 bits per heavy atom. The van der Waals surface area contributed by atoms with Crippen LogP contribution in [0.4, 0.5) is 0 Å². The van der Waals surface area contributed by atoms with Gasteiger partial charge in [0.1, 0.15) is 0 Å². The molecule has 1 aliphatic carbocycles. The number of nitrogens with one attached hydrogen (secondary N) is 2. The molecule has 27 heavy (non-hydrogen) atoms. The number of carbonyl (C=O) groups is 2. The molecule has 0 spiro atoms. The van der Waals surface area contributed by atoms with Gasteiger partial charge in [-0.25, -0.2) is 0 Å². The van der Waals surface area contributed by atoms with Gasteiger partial charge in [0.15, 0.2) is 0 Å². The van der Waals surface area contributed by atoms with Gasteiger partial charge in [0.25, 0.3) is 0 Å². The van der Waals surface area contributed by atoms with Crippen LogP contribution in [-0.2, 0) is 16.0 Å². The highest BCUT2D eigenvalue weighted by Gasteiger charge is 2.29. The van der Waals surface area contributed by atoms with Crippen LogP contribution in [0.3, 0.4) is 0 Å². The molecule has 2 rings (SSSR count). The zero-order valence-corrected chi connectivity index (χ0v) is 16.9. The quantitative estimate of drug-likeness (QED) is 0.620. The third-order valence-corrected chi connectivity index (χ3v) is 5.33. The Hall–Kier alpha value is -1.88. The van der Waals surface area contributed by atoms with E-state index in [1.165, 1.54) is 5.56 Å². The Labute approximate surface area is 163 Å². The zero-order chi connectivity index (χ0) is 19.5. The number of amides is 2. The largest absolute Gasteiger partial charge is 0.356 e. The Morgan fingerprint density at radius 1 is 0.889 bits per heavy atom. The van der Waals surface area contributed by atoms with E-state index < -0.39 is 0 Å². The summed E-state index contributed by atoms with van der Waals surface area (Å²) >= 11 is 0. The lowest BCUT2D eigenvalue weighted by Crippen LogP contribution is -2.38. The van der Waals surface area contributed by atoms with Crippen molar-refractivity contribution >= 4 is 11.8 Å². The SMILES string of the molecule is CN(C)CCCNC(=O)C1CCC(C(=O)NCCCc2ccccc2)CC1. The van der Waals surface area contributed by atoms with Gasteiger partial charge in [-0.05, 0) is 71.1 Å². The maximum Gasteiger partial charge on any atom is 0.223 e. The van der Waals surface area contributed by atoms with Gasteiger partial charge in [0.05, 0.1) is 0 Å². The maximum atomic E-state index is 12.3. The number of hydrogen-bond acceptors (Lipinski definition) is 3. The van der Waals surface area contributed by atoms with E-state index in [0.717, 1.165) is 64.6 Å². The highest BCUT2D eigenvalue weighted by atomic mass is 16.2. The summed E-state index contributed by atoms with van der Waals surface area (Å²) in [6, 6.07) is 10.4. The lowest BCUT2D eigenvalue weighted by molar-refractivity contribution is -0.130. The minimum Gasteiger partial charge on any atom is -0.356 e. The Bertz CT molecular complexity index is 566. The van der Waals surface area contributed by atoms with Crippen molar-refractivity contribution in [2.24, 2.45) is 11.8 Å².